The molecule has 1 amide bonds. The number of likely N-dealkylation sites (tertiary alicyclic amines) is 1. The van der Waals surface area contributed by atoms with Gasteiger partial charge in [-0.1, -0.05) is 31.2 Å². The van der Waals surface area contributed by atoms with Gasteiger partial charge in [-0.3, -0.25) is 9.69 Å². The number of aliphatic imine (C=N–C) groups is 1. The highest BCUT2D eigenvalue weighted by Gasteiger charge is 2.21. The fraction of sp³-hybridized carbons (Fsp3) is 0.583. The van der Waals surface area contributed by atoms with E-state index in [2.05, 4.69) is 76.0 Å². The molecule has 3 N–H and O–H groups in total. The molecule has 7 heteroatoms. The Labute approximate surface area is 187 Å². The fourth-order valence-corrected chi connectivity index (χ4v) is 3.98. The average molecular weight is 427 g/mol. The highest BCUT2D eigenvalue weighted by Crippen LogP contribution is 2.19. The molecule has 170 valence electrons. The molecule has 1 aromatic rings. The van der Waals surface area contributed by atoms with Crippen molar-refractivity contribution in [2.75, 3.05) is 50.7 Å². The van der Waals surface area contributed by atoms with E-state index < -0.39 is 0 Å². The molecule has 1 saturated heterocycles. The van der Waals surface area contributed by atoms with E-state index in [1.165, 1.54) is 11.3 Å². The Morgan fingerprint density at radius 2 is 1.90 bits per heavy atom. The van der Waals surface area contributed by atoms with Crippen LogP contribution in [0.1, 0.15) is 38.7 Å². The van der Waals surface area contributed by atoms with Gasteiger partial charge in [-0.2, -0.15) is 0 Å². The zero-order valence-corrected chi connectivity index (χ0v) is 19.1. The lowest BCUT2D eigenvalue weighted by molar-refractivity contribution is -0.122. The lowest BCUT2D eigenvalue weighted by Gasteiger charge is -2.32. The van der Waals surface area contributed by atoms with Crippen LogP contribution in [0.15, 0.2) is 41.4 Å². The van der Waals surface area contributed by atoms with E-state index in [1.54, 1.807) is 0 Å². The first-order valence-electron chi connectivity index (χ1n) is 11.7. The minimum atomic E-state index is 0.134. The van der Waals surface area contributed by atoms with Gasteiger partial charge in [-0.05, 0) is 43.9 Å². The number of anilines is 1. The second kappa shape index (κ2) is 12.3. The SMILES string of the molecule is CCCNC(=O)CN1CCC(NC(=NCc2cccc(N3CC=CC3)c2)NCC)CC1. The predicted octanol–water partition coefficient (Wildman–Crippen LogP) is 2.11. The minimum absolute atomic E-state index is 0.134. The maximum absolute atomic E-state index is 11.9. The number of carbonyl (C=O) groups is 1. The highest BCUT2D eigenvalue weighted by molar-refractivity contribution is 5.80. The summed E-state index contributed by atoms with van der Waals surface area (Å²) < 4.78 is 0. The number of benzene rings is 1. The van der Waals surface area contributed by atoms with Crippen LogP contribution in [0.2, 0.25) is 0 Å². The van der Waals surface area contributed by atoms with Gasteiger partial charge < -0.3 is 20.9 Å². The van der Waals surface area contributed by atoms with E-state index >= 15 is 0 Å². The molecule has 0 aromatic heterocycles. The Balaban J connectivity index is 1.48. The summed E-state index contributed by atoms with van der Waals surface area (Å²) in [7, 11) is 0. The third kappa shape index (κ3) is 7.58. The zero-order chi connectivity index (χ0) is 21.9. The number of hydrogen-bond donors (Lipinski definition) is 3. The summed E-state index contributed by atoms with van der Waals surface area (Å²) in [4.78, 5) is 21.4. The van der Waals surface area contributed by atoms with E-state index in [9.17, 15) is 4.79 Å². The Bertz CT molecular complexity index is 746. The number of carbonyl (C=O) groups excluding carboxylic acids is 1. The zero-order valence-electron chi connectivity index (χ0n) is 19.1. The van der Waals surface area contributed by atoms with Crippen LogP contribution in [0.4, 0.5) is 5.69 Å². The van der Waals surface area contributed by atoms with Crippen molar-refractivity contribution in [3.8, 4) is 0 Å². The van der Waals surface area contributed by atoms with Crippen LogP contribution in [-0.4, -0.2) is 68.6 Å². The Kier molecular flexibility index (Phi) is 9.21. The summed E-state index contributed by atoms with van der Waals surface area (Å²) >= 11 is 0. The molecule has 0 aliphatic carbocycles. The van der Waals surface area contributed by atoms with Gasteiger partial charge in [0.25, 0.3) is 0 Å². The lowest BCUT2D eigenvalue weighted by Crippen LogP contribution is -2.50. The number of nitrogens with one attached hydrogen (secondary N) is 3. The normalized spacial score (nSPS) is 17.7. The van der Waals surface area contributed by atoms with Gasteiger partial charge in [0.2, 0.25) is 5.91 Å². The van der Waals surface area contributed by atoms with Crippen LogP contribution >= 0.6 is 0 Å². The Hall–Kier alpha value is -2.54. The van der Waals surface area contributed by atoms with Crippen molar-refractivity contribution in [1.82, 2.24) is 20.9 Å². The van der Waals surface area contributed by atoms with Gasteiger partial charge in [0.15, 0.2) is 5.96 Å². The van der Waals surface area contributed by atoms with E-state index in [0.717, 1.165) is 64.5 Å². The third-order valence-corrected chi connectivity index (χ3v) is 5.73. The van der Waals surface area contributed by atoms with Gasteiger partial charge in [0.1, 0.15) is 0 Å². The molecule has 7 nitrogen and oxygen atoms in total. The standard InChI is InChI=1S/C24H38N6O/c1-3-12-26-23(31)19-29-15-10-21(11-16-29)28-24(25-4-2)27-18-20-8-7-9-22(17-20)30-13-5-6-14-30/h5-9,17,21H,3-4,10-16,18-19H2,1-2H3,(H,26,31)(H2,25,27,28). The number of nitrogens with zero attached hydrogens (tertiary/aromatic N) is 3. The molecule has 0 saturated carbocycles. The molecule has 2 aliphatic rings. The van der Waals surface area contributed by atoms with Crippen molar-refractivity contribution in [3.63, 3.8) is 0 Å². The van der Waals surface area contributed by atoms with E-state index in [4.69, 9.17) is 4.99 Å². The maximum atomic E-state index is 11.9. The highest BCUT2D eigenvalue weighted by atomic mass is 16.2. The van der Waals surface area contributed by atoms with Crippen LogP contribution in [0.25, 0.3) is 0 Å². The molecular formula is C24H38N6O. The summed E-state index contributed by atoms with van der Waals surface area (Å²) in [5, 5.41) is 9.94. The monoisotopic (exact) mass is 426 g/mol. The number of hydrogen-bond acceptors (Lipinski definition) is 4. The largest absolute Gasteiger partial charge is 0.364 e. The smallest absolute Gasteiger partial charge is 0.234 e. The molecule has 0 spiro atoms. The van der Waals surface area contributed by atoms with E-state index in [1.807, 2.05) is 0 Å². The predicted molar refractivity (Wildman–Crippen MR) is 129 cm³/mol. The number of piperidine rings is 1. The lowest BCUT2D eigenvalue weighted by atomic mass is 10.1. The maximum Gasteiger partial charge on any atom is 0.234 e. The van der Waals surface area contributed by atoms with Crippen LogP contribution in [0.5, 0.6) is 0 Å². The Morgan fingerprint density at radius 3 is 2.61 bits per heavy atom. The molecule has 0 unspecified atom stereocenters. The van der Waals surface area contributed by atoms with Gasteiger partial charge >= 0.3 is 0 Å². The number of amides is 1. The molecular weight excluding hydrogens is 388 g/mol. The van der Waals surface area contributed by atoms with Crippen molar-refractivity contribution in [2.45, 2.75) is 45.7 Å². The van der Waals surface area contributed by atoms with Crippen LogP contribution in [0.3, 0.4) is 0 Å². The van der Waals surface area contributed by atoms with E-state index in [0.29, 0.717) is 19.1 Å². The Morgan fingerprint density at radius 1 is 1.13 bits per heavy atom. The van der Waals surface area contributed by atoms with Crippen LogP contribution in [0, 0.1) is 0 Å². The quantitative estimate of drug-likeness (QED) is 0.320. The first-order chi connectivity index (χ1) is 15.2. The van der Waals surface area contributed by atoms with Gasteiger partial charge in [0.05, 0.1) is 13.1 Å². The summed E-state index contributed by atoms with van der Waals surface area (Å²) in [6.45, 7) is 10.7. The molecule has 1 fully saturated rings. The van der Waals surface area contributed by atoms with Crippen molar-refractivity contribution in [3.05, 3.63) is 42.0 Å². The van der Waals surface area contributed by atoms with Gasteiger partial charge in [-0.15, -0.1) is 0 Å². The number of rotatable bonds is 9. The van der Waals surface area contributed by atoms with Crippen molar-refractivity contribution in [2.24, 2.45) is 4.99 Å². The molecule has 1 aromatic carbocycles. The topological polar surface area (TPSA) is 72.0 Å². The molecule has 2 heterocycles. The molecule has 2 aliphatic heterocycles. The van der Waals surface area contributed by atoms with Crippen molar-refractivity contribution >= 4 is 17.6 Å². The van der Waals surface area contributed by atoms with Crippen molar-refractivity contribution in [1.29, 1.82) is 0 Å². The molecule has 0 bridgehead atoms. The van der Waals surface area contributed by atoms with Crippen LogP contribution < -0.4 is 20.9 Å². The molecule has 0 radical (unpaired) electrons. The second-order valence-corrected chi connectivity index (χ2v) is 8.29. The second-order valence-electron chi connectivity index (χ2n) is 8.29. The fourth-order valence-electron chi connectivity index (χ4n) is 3.98. The molecule has 31 heavy (non-hydrogen) atoms. The number of guanidine groups is 1. The van der Waals surface area contributed by atoms with Crippen LogP contribution in [-0.2, 0) is 11.3 Å². The average Bonchev–Trinajstić information content (AvgIpc) is 3.33. The summed E-state index contributed by atoms with van der Waals surface area (Å²) in [6, 6.07) is 9.05. The third-order valence-electron chi connectivity index (χ3n) is 5.73. The minimum Gasteiger partial charge on any atom is -0.364 e. The summed E-state index contributed by atoms with van der Waals surface area (Å²) in [5.74, 6) is 1.00. The molecule has 0 atom stereocenters. The van der Waals surface area contributed by atoms with Gasteiger partial charge in [-0.25, -0.2) is 4.99 Å². The first-order valence-corrected chi connectivity index (χ1v) is 11.7. The van der Waals surface area contributed by atoms with E-state index in [-0.39, 0.29) is 5.91 Å². The summed E-state index contributed by atoms with van der Waals surface area (Å²) in [6.07, 6.45) is 7.43. The summed E-state index contributed by atoms with van der Waals surface area (Å²) in [5.41, 5.74) is 2.47. The molecule has 3 rings (SSSR count). The van der Waals surface area contributed by atoms with Gasteiger partial charge in [0, 0.05) is 51.0 Å². The van der Waals surface area contributed by atoms with Crippen molar-refractivity contribution < 1.29 is 4.79 Å². The first kappa shape index (κ1) is 23.1.